The van der Waals surface area contributed by atoms with Gasteiger partial charge < -0.3 is 9.15 Å². The number of hydrogen-bond donors (Lipinski definition) is 2. The van der Waals surface area contributed by atoms with Crippen molar-refractivity contribution in [1.29, 1.82) is 10.7 Å². The number of ether oxygens (including phenoxy) is 1. The Bertz CT molecular complexity index is 980. The van der Waals surface area contributed by atoms with Crippen molar-refractivity contribution < 1.29 is 13.9 Å². The molecule has 7 nitrogen and oxygen atoms in total. The highest BCUT2D eigenvalue weighted by Gasteiger charge is 2.24. The quantitative estimate of drug-likeness (QED) is 0.720. The predicted molar refractivity (Wildman–Crippen MR) is 80.3 cm³/mol. The third kappa shape index (κ3) is 2.36. The summed E-state index contributed by atoms with van der Waals surface area (Å²) >= 11 is 0. The van der Waals surface area contributed by atoms with Crippen LogP contribution in [0.1, 0.15) is 23.0 Å². The molecule has 1 aromatic carbocycles. The molecular weight excluding hydrogens is 296 g/mol. The van der Waals surface area contributed by atoms with Gasteiger partial charge in [0.05, 0.1) is 12.0 Å². The monoisotopic (exact) mass is 308 g/mol. The van der Waals surface area contributed by atoms with Crippen molar-refractivity contribution in [2.24, 2.45) is 0 Å². The van der Waals surface area contributed by atoms with E-state index >= 15 is 0 Å². The van der Waals surface area contributed by atoms with E-state index in [0.717, 1.165) is 0 Å². The molecule has 2 heterocycles. The van der Waals surface area contributed by atoms with Gasteiger partial charge in [0.2, 0.25) is 11.3 Å². The average Bonchev–Trinajstić information content (AvgIpc) is 2.98. The van der Waals surface area contributed by atoms with Gasteiger partial charge >= 0.3 is 5.97 Å². The molecule has 0 spiro atoms. The Labute approximate surface area is 130 Å². The lowest BCUT2D eigenvalue weighted by Crippen LogP contribution is -2.09. The molecule has 0 atom stereocenters. The maximum absolute atomic E-state index is 12.1. The average molecular weight is 308 g/mol. The Kier molecular flexibility index (Phi) is 3.65. The zero-order valence-corrected chi connectivity index (χ0v) is 12.2. The van der Waals surface area contributed by atoms with Crippen LogP contribution < -0.4 is 5.55 Å². The van der Waals surface area contributed by atoms with E-state index in [1.54, 1.807) is 31.2 Å². The number of carbonyl (C=O) groups excluding carboxylic acids is 1. The molecule has 0 amide bonds. The number of nitriles is 1. The molecule has 114 valence electrons. The molecule has 0 saturated carbocycles. The molecule has 0 aliphatic carbocycles. The molecule has 3 rings (SSSR count). The van der Waals surface area contributed by atoms with Gasteiger partial charge in [0.15, 0.2) is 5.69 Å². The summed E-state index contributed by atoms with van der Waals surface area (Å²) in [4.78, 5) is 12.1. The number of nitrogens with zero attached hydrogens (tertiary/aromatic N) is 2. The third-order valence-electron chi connectivity index (χ3n) is 3.31. The standard InChI is InChI=1S/C16H12N4O3/c1-2-22-16(21)13-12-11(9-6-4-3-5-7-9)10(8-17)14(18)23-15(12)20-19-13/h3-7,18H,2H2,1H3,(H,19,20). The number of rotatable bonds is 3. The van der Waals surface area contributed by atoms with Crippen LogP contribution in [0.15, 0.2) is 34.7 Å². The van der Waals surface area contributed by atoms with Crippen LogP contribution in [0.3, 0.4) is 0 Å². The topological polar surface area (TPSA) is 116 Å². The summed E-state index contributed by atoms with van der Waals surface area (Å²) < 4.78 is 10.3. The Morgan fingerprint density at radius 2 is 2.17 bits per heavy atom. The first-order valence-electron chi connectivity index (χ1n) is 6.89. The summed E-state index contributed by atoms with van der Waals surface area (Å²) in [6, 6.07) is 11.0. The maximum atomic E-state index is 12.1. The summed E-state index contributed by atoms with van der Waals surface area (Å²) in [6.45, 7) is 1.90. The summed E-state index contributed by atoms with van der Waals surface area (Å²) in [6.07, 6.45) is 0. The van der Waals surface area contributed by atoms with E-state index in [2.05, 4.69) is 10.2 Å². The summed E-state index contributed by atoms with van der Waals surface area (Å²) in [5, 5.41) is 24.1. The van der Waals surface area contributed by atoms with Crippen LogP contribution in [0.2, 0.25) is 0 Å². The van der Waals surface area contributed by atoms with Gasteiger partial charge in [-0.05, 0) is 12.5 Å². The number of benzene rings is 1. The van der Waals surface area contributed by atoms with Crippen LogP contribution in [0.25, 0.3) is 22.2 Å². The van der Waals surface area contributed by atoms with Crippen molar-refractivity contribution in [2.75, 3.05) is 6.61 Å². The number of carbonyl (C=O) groups is 1. The molecule has 2 aromatic heterocycles. The number of aromatic nitrogens is 2. The largest absolute Gasteiger partial charge is 0.461 e. The zero-order valence-electron chi connectivity index (χ0n) is 12.2. The fraction of sp³-hybridized carbons (Fsp3) is 0.125. The van der Waals surface area contributed by atoms with Gasteiger partial charge in [-0.2, -0.15) is 5.26 Å². The Morgan fingerprint density at radius 3 is 2.83 bits per heavy atom. The van der Waals surface area contributed by atoms with Crippen molar-refractivity contribution in [1.82, 2.24) is 10.2 Å². The minimum atomic E-state index is -0.594. The molecule has 0 radical (unpaired) electrons. The van der Waals surface area contributed by atoms with Crippen LogP contribution in [-0.4, -0.2) is 22.8 Å². The van der Waals surface area contributed by atoms with E-state index < -0.39 is 5.97 Å². The van der Waals surface area contributed by atoms with Crippen LogP contribution in [-0.2, 0) is 4.74 Å². The highest BCUT2D eigenvalue weighted by molar-refractivity contribution is 6.07. The van der Waals surface area contributed by atoms with Gasteiger partial charge in [0.25, 0.3) is 0 Å². The second-order valence-corrected chi connectivity index (χ2v) is 4.66. The maximum Gasteiger partial charge on any atom is 0.357 e. The lowest BCUT2D eigenvalue weighted by molar-refractivity contribution is 0.0521. The van der Waals surface area contributed by atoms with E-state index in [1.165, 1.54) is 0 Å². The first kappa shape index (κ1) is 14.5. The minimum Gasteiger partial charge on any atom is -0.461 e. The second kappa shape index (κ2) is 5.77. The number of hydrogen-bond acceptors (Lipinski definition) is 6. The van der Waals surface area contributed by atoms with Crippen molar-refractivity contribution >= 4 is 17.1 Å². The number of H-pyrrole nitrogens is 1. The van der Waals surface area contributed by atoms with Crippen LogP contribution in [0.4, 0.5) is 0 Å². The van der Waals surface area contributed by atoms with Gasteiger partial charge in [-0.3, -0.25) is 10.5 Å². The molecule has 0 aliphatic rings. The molecule has 23 heavy (non-hydrogen) atoms. The fourth-order valence-electron chi connectivity index (χ4n) is 2.37. The molecule has 0 saturated heterocycles. The van der Waals surface area contributed by atoms with Gasteiger partial charge in [-0.25, -0.2) is 4.79 Å². The number of esters is 1. The lowest BCUT2D eigenvalue weighted by Gasteiger charge is -2.07. The Hall–Kier alpha value is -3.40. The molecule has 7 heteroatoms. The fourth-order valence-corrected chi connectivity index (χ4v) is 2.37. The van der Waals surface area contributed by atoms with Gasteiger partial charge in [-0.15, -0.1) is 5.10 Å². The SMILES string of the molecule is CCOC(=O)c1[nH]nc2oc(=N)c(C#N)c(-c3ccccc3)c12. The third-order valence-corrected chi connectivity index (χ3v) is 3.31. The Balaban J connectivity index is 2.43. The number of nitrogens with one attached hydrogen (secondary N) is 2. The van der Waals surface area contributed by atoms with Crippen molar-refractivity contribution in [2.45, 2.75) is 6.92 Å². The molecule has 0 fully saturated rings. The number of fused-ring (bicyclic) bond motifs is 1. The van der Waals surface area contributed by atoms with Crippen LogP contribution >= 0.6 is 0 Å². The normalized spacial score (nSPS) is 10.4. The van der Waals surface area contributed by atoms with Crippen molar-refractivity contribution in [3.8, 4) is 17.2 Å². The summed E-state index contributed by atoms with van der Waals surface area (Å²) in [5.74, 6) is -0.594. The molecule has 0 aliphatic heterocycles. The first-order chi connectivity index (χ1) is 11.2. The molecule has 0 bridgehead atoms. The first-order valence-corrected chi connectivity index (χ1v) is 6.89. The molecule has 0 unspecified atom stereocenters. The minimum absolute atomic E-state index is 0.0376. The smallest absolute Gasteiger partial charge is 0.357 e. The van der Waals surface area contributed by atoms with E-state index in [0.29, 0.717) is 16.5 Å². The van der Waals surface area contributed by atoms with Crippen LogP contribution in [0.5, 0.6) is 0 Å². The van der Waals surface area contributed by atoms with Crippen LogP contribution in [0, 0.1) is 16.7 Å². The molecule has 3 aromatic rings. The predicted octanol–water partition coefficient (Wildman–Crippen LogP) is 2.35. The molecule has 2 N–H and O–H groups in total. The van der Waals surface area contributed by atoms with Gasteiger partial charge in [0, 0.05) is 5.56 Å². The van der Waals surface area contributed by atoms with E-state index in [4.69, 9.17) is 14.6 Å². The van der Waals surface area contributed by atoms with Gasteiger partial charge in [-0.1, -0.05) is 30.3 Å². The highest BCUT2D eigenvalue weighted by atomic mass is 16.5. The second-order valence-electron chi connectivity index (χ2n) is 4.66. The summed E-state index contributed by atoms with van der Waals surface area (Å²) in [5.41, 5.74) is 1.02. The van der Waals surface area contributed by atoms with Crippen molar-refractivity contribution in [3.63, 3.8) is 0 Å². The van der Waals surface area contributed by atoms with Gasteiger partial charge in [0.1, 0.15) is 11.6 Å². The summed E-state index contributed by atoms with van der Waals surface area (Å²) in [7, 11) is 0. The molecular formula is C16H12N4O3. The zero-order chi connectivity index (χ0) is 16.4. The van der Waals surface area contributed by atoms with E-state index in [9.17, 15) is 10.1 Å². The highest BCUT2D eigenvalue weighted by Crippen LogP contribution is 2.31. The number of aromatic amines is 1. The van der Waals surface area contributed by atoms with E-state index in [-0.39, 0.29) is 29.1 Å². The Morgan fingerprint density at radius 1 is 1.43 bits per heavy atom. The van der Waals surface area contributed by atoms with Crippen molar-refractivity contribution in [3.05, 3.63) is 47.1 Å². The lowest BCUT2D eigenvalue weighted by atomic mass is 9.98. The van der Waals surface area contributed by atoms with E-state index in [1.807, 2.05) is 12.1 Å².